The highest BCUT2D eigenvalue weighted by atomic mass is 16.5. The van der Waals surface area contributed by atoms with Crippen molar-refractivity contribution in [3.05, 3.63) is 35.4 Å². The van der Waals surface area contributed by atoms with Crippen LogP contribution in [0.5, 0.6) is 0 Å². The molecule has 1 fully saturated rings. The van der Waals surface area contributed by atoms with Crippen molar-refractivity contribution in [3.8, 4) is 0 Å². The lowest BCUT2D eigenvalue weighted by Gasteiger charge is -2.30. The van der Waals surface area contributed by atoms with Crippen LogP contribution in [-0.2, 0) is 11.2 Å². The average Bonchev–Trinajstić information content (AvgIpc) is 2.82. The van der Waals surface area contributed by atoms with Gasteiger partial charge < -0.3 is 10.1 Å². The highest BCUT2D eigenvalue weighted by molar-refractivity contribution is 5.32. The van der Waals surface area contributed by atoms with Gasteiger partial charge in [0.1, 0.15) is 0 Å². The zero-order valence-corrected chi connectivity index (χ0v) is 8.91. The summed E-state index contributed by atoms with van der Waals surface area (Å²) in [7, 11) is 0. The van der Waals surface area contributed by atoms with Crippen molar-refractivity contribution in [3.63, 3.8) is 0 Å². The minimum atomic E-state index is 0.289. The van der Waals surface area contributed by atoms with E-state index in [0.717, 1.165) is 19.6 Å². The standard InChI is InChI=1S/C13H17NO/c1-2-5-11-10(4-1)7-9-15-13(11)12-6-3-8-14-12/h1-2,4-5,12-14H,3,6-9H2/t12-,13+/m1/s1. The fraction of sp³-hybridized carbons (Fsp3) is 0.538. The molecular formula is C13H17NO. The Kier molecular flexibility index (Phi) is 2.47. The molecule has 0 amide bonds. The van der Waals surface area contributed by atoms with Gasteiger partial charge in [0, 0.05) is 6.04 Å². The number of fused-ring (bicyclic) bond motifs is 1. The average molecular weight is 203 g/mol. The van der Waals surface area contributed by atoms with E-state index in [1.165, 1.54) is 24.0 Å². The maximum atomic E-state index is 5.93. The first-order valence-corrected chi connectivity index (χ1v) is 5.88. The highest BCUT2D eigenvalue weighted by Gasteiger charge is 2.30. The van der Waals surface area contributed by atoms with E-state index in [0.29, 0.717) is 6.04 Å². The first-order valence-electron chi connectivity index (χ1n) is 5.88. The van der Waals surface area contributed by atoms with Gasteiger partial charge in [0.2, 0.25) is 0 Å². The molecule has 0 bridgehead atoms. The van der Waals surface area contributed by atoms with Gasteiger partial charge in [0.25, 0.3) is 0 Å². The highest BCUT2D eigenvalue weighted by Crippen LogP contribution is 2.32. The molecule has 80 valence electrons. The Labute approximate surface area is 90.6 Å². The summed E-state index contributed by atoms with van der Waals surface area (Å²) in [6, 6.07) is 9.24. The Morgan fingerprint density at radius 2 is 2.20 bits per heavy atom. The van der Waals surface area contributed by atoms with Crippen LogP contribution in [0, 0.1) is 0 Å². The largest absolute Gasteiger partial charge is 0.372 e. The molecular weight excluding hydrogens is 186 g/mol. The normalized spacial score (nSPS) is 30.1. The van der Waals surface area contributed by atoms with Crippen LogP contribution in [-0.4, -0.2) is 19.2 Å². The molecule has 1 aromatic rings. The second kappa shape index (κ2) is 3.95. The second-order valence-corrected chi connectivity index (χ2v) is 4.44. The molecule has 2 heterocycles. The van der Waals surface area contributed by atoms with Gasteiger partial charge in [-0.1, -0.05) is 24.3 Å². The Morgan fingerprint density at radius 1 is 1.27 bits per heavy atom. The summed E-state index contributed by atoms with van der Waals surface area (Å²) < 4.78 is 5.93. The molecule has 1 N–H and O–H groups in total. The first kappa shape index (κ1) is 9.37. The van der Waals surface area contributed by atoms with E-state index in [9.17, 15) is 0 Å². The van der Waals surface area contributed by atoms with Crippen LogP contribution in [0.2, 0.25) is 0 Å². The number of hydrogen-bond acceptors (Lipinski definition) is 2. The maximum absolute atomic E-state index is 5.93. The van der Waals surface area contributed by atoms with E-state index in [1.807, 2.05) is 0 Å². The molecule has 1 saturated heterocycles. The maximum Gasteiger partial charge on any atom is 0.0980 e. The summed E-state index contributed by atoms with van der Waals surface area (Å²) in [5.74, 6) is 0. The molecule has 1 aromatic carbocycles. The Bertz CT molecular complexity index is 344. The summed E-state index contributed by atoms with van der Waals surface area (Å²) in [6.45, 7) is 2.02. The number of rotatable bonds is 1. The van der Waals surface area contributed by atoms with Crippen LogP contribution in [0.1, 0.15) is 30.1 Å². The topological polar surface area (TPSA) is 21.3 Å². The van der Waals surface area contributed by atoms with Crippen molar-refractivity contribution in [1.29, 1.82) is 0 Å². The monoisotopic (exact) mass is 203 g/mol. The number of hydrogen-bond donors (Lipinski definition) is 1. The van der Waals surface area contributed by atoms with Crippen LogP contribution in [0.3, 0.4) is 0 Å². The van der Waals surface area contributed by atoms with Crippen LogP contribution in [0.4, 0.5) is 0 Å². The zero-order valence-electron chi connectivity index (χ0n) is 8.91. The Hall–Kier alpha value is -0.860. The van der Waals surface area contributed by atoms with Crippen molar-refractivity contribution < 1.29 is 4.74 Å². The van der Waals surface area contributed by atoms with Gasteiger partial charge in [0.15, 0.2) is 0 Å². The molecule has 2 aliphatic rings. The van der Waals surface area contributed by atoms with E-state index in [1.54, 1.807) is 0 Å². The third-order valence-electron chi connectivity index (χ3n) is 3.49. The van der Waals surface area contributed by atoms with Gasteiger partial charge in [-0.05, 0) is 36.9 Å². The Balaban J connectivity index is 1.91. The van der Waals surface area contributed by atoms with Crippen molar-refractivity contribution in [2.24, 2.45) is 0 Å². The van der Waals surface area contributed by atoms with Crippen LogP contribution in [0.15, 0.2) is 24.3 Å². The molecule has 0 aliphatic carbocycles. The molecule has 15 heavy (non-hydrogen) atoms. The molecule has 0 aromatic heterocycles. The van der Waals surface area contributed by atoms with Crippen LogP contribution < -0.4 is 5.32 Å². The minimum Gasteiger partial charge on any atom is -0.372 e. The van der Waals surface area contributed by atoms with Gasteiger partial charge >= 0.3 is 0 Å². The smallest absolute Gasteiger partial charge is 0.0980 e. The molecule has 0 saturated carbocycles. The molecule has 2 heteroatoms. The zero-order chi connectivity index (χ0) is 10.1. The van der Waals surface area contributed by atoms with E-state index in [2.05, 4.69) is 29.6 Å². The Morgan fingerprint density at radius 3 is 3.07 bits per heavy atom. The summed E-state index contributed by atoms with van der Waals surface area (Å²) in [6.07, 6.45) is 3.89. The van der Waals surface area contributed by atoms with E-state index < -0.39 is 0 Å². The third kappa shape index (κ3) is 1.68. The summed E-state index contributed by atoms with van der Waals surface area (Å²) in [5, 5.41) is 3.54. The van der Waals surface area contributed by atoms with Gasteiger partial charge in [0.05, 0.1) is 12.7 Å². The summed E-state index contributed by atoms with van der Waals surface area (Å²) in [4.78, 5) is 0. The molecule has 2 atom stereocenters. The van der Waals surface area contributed by atoms with Crippen LogP contribution >= 0.6 is 0 Å². The lowest BCUT2D eigenvalue weighted by molar-refractivity contribution is 0.0199. The predicted molar refractivity (Wildman–Crippen MR) is 59.9 cm³/mol. The van der Waals surface area contributed by atoms with E-state index in [4.69, 9.17) is 4.74 Å². The van der Waals surface area contributed by atoms with Gasteiger partial charge in [-0.2, -0.15) is 0 Å². The van der Waals surface area contributed by atoms with Crippen molar-refractivity contribution in [1.82, 2.24) is 5.32 Å². The first-order chi connectivity index (χ1) is 7.45. The van der Waals surface area contributed by atoms with Gasteiger partial charge in [-0.3, -0.25) is 0 Å². The molecule has 0 unspecified atom stereocenters. The lowest BCUT2D eigenvalue weighted by Crippen LogP contribution is -2.33. The SMILES string of the molecule is c1ccc2c(c1)CCO[C@@H]2[C@H]1CCCN1. The second-order valence-electron chi connectivity index (χ2n) is 4.44. The van der Waals surface area contributed by atoms with Gasteiger partial charge in [-0.15, -0.1) is 0 Å². The predicted octanol–water partition coefficient (Wildman–Crippen LogP) is 2.05. The summed E-state index contributed by atoms with van der Waals surface area (Å²) in [5.41, 5.74) is 2.88. The van der Waals surface area contributed by atoms with Crippen molar-refractivity contribution in [2.45, 2.75) is 31.4 Å². The van der Waals surface area contributed by atoms with E-state index >= 15 is 0 Å². The quantitative estimate of drug-likeness (QED) is 0.754. The molecule has 2 nitrogen and oxygen atoms in total. The van der Waals surface area contributed by atoms with Crippen molar-refractivity contribution >= 4 is 0 Å². The van der Waals surface area contributed by atoms with E-state index in [-0.39, 0.29) is 6.10 Å². The van der Waals surface area contributed by atoms with Crippen LogP contribution in [0.25, 0.3) is 0 Å². The number of ether oxygens (including phenoxy) is 1. The minimum absolute atomic E-state index is 0.289. The summed E-state index contributed by atoms with van der Waals surface area (Å²) >= 11 is 0. The fourth-order valence-corrected chi connectivity index (χ4v) is 2.73. The molecule has 0 radical (unpaired) electrons. The lowest BCUT2D eigenvalue weighted by atomic mass is 9.93. The molecule has 0 spiro atoms. The molecule has 3 rings (SSSR count). The van der Waals surface area contributed by atoms with Gasteiger partial charge in [-0.25, -0.2) is 0 Å². The third-order valence-corrected chi connectivity index (χ3v) is 3.49. The number of nitrogens with one attached hydrogen (secondary N) is 1. The molecule has 2 aliphatic heterocycles. The number of benzene rings is 1. The fourth-order valence-electron chi connectivity index (χ4n) is 2.73. The van der Waals surface area contributed by atoms with Crippen molar-refractivity contribution in [2.75, 3.05) is 13.2 Å².